The number of benzene rings is 1. The molecule has 5 N–H and O–H groups in total. The van der Waals surface area contributed by atoms with E-state index in [0.29, 0.717) is 5.69 Å². The smallest absolute Gasteiger partial charge is 0.238 e. The van der Waals surface area contributed by atoms with Crippen LogP contribution in [0.4, 0.5) is 11.4 Å². The second-order valence-corrected chi connectivity index (χ2v) is 5.94. The van der Waals surface area contributed by atoms with Crippen molar-refractivity contribution in [3.8, 4) is 0 Å². The van der Waals surface area contributed by atoms with Gasteiger partial charge in [-0.05, 0) is 45.3 Å². The van der Waals surface area contributed by atoms with Crippen LogP contribution in [0.1, 0.15) is 6.42 Å². The first-order valence-corrected chi connectivity index (χ1v) is 7.16. The van der Waals surface area contributed by atoms with E-state index in [2.05, 4.69) is 10.2 Å². The van der Waals surface area contributed by atoms with E-state index in [1.54, 1.807) is 6.07 Å². The largest absolute Gasteiger partial charge is 0.397 e. The molecule has 0 saturated heterocycles. The van der Waals surface area contributed by atoms with Crippen LogP contribution in [0.15, 0.2) is 23.1 Å². The summed E-state index contributed by atoms with van der Waals surface area (Å²) in [6.45, 7) is 1.75. The molecule has 0 aliphatic heterocycles. The molecule has 0 aliphatic carbocycles. The lowest BCUT2D eigenvalue weighted by Crippen LogP contribution is -2.17. The van der Waals surface area contributed by atoms with Gasteiger partial charge in [0, 0.05) is 6.54 Å². The predicted molar refractivity (Wildman–Crippen MR) is 73.9 cm³/mol. The van der Waals surface area contributed by atoms with Crippen molar-refractivity contribution in [3.63, 3.8) is 0 Å². The molecule has 0 atom stereocenters. The van der Waals surface area contributed by atoms with Crippen LogP contribution in [-0.4, -0.2) is 40.5 Å². The average molecular weight is 272 g/mol. The Morgan fingerprint density at radius 1 is 1.33 bits per heavy atom. The van der Waals surface area contributed by atoms with Crippen molar-refractivity contribution in [2.24, 2.45) is 5.14 Å². The van der Waals surface area contributed by atoms with Crippen molar-refractivity contribution in [1.82, 2.24) is 4.90 Å². The number of nitrogens with one attached hydrogen (secondary N) is 1. The molecule has 0 aliphatic rings. The lowest BCUT2D eigenvalue weighted by atomic mass is 10.2. The quantitative estimate of drug-likeness (QED) is 0.510. The third-order valence-electron chi connectivity index (χ3n) is 2.45. The van der Waals surface area contributed by atoms with Crippen molar-refractivity contribution in [2.45, 2.75) is 11.3 Å². The maximum Gasteiger partial charge on any atom is 0.238 e. The highest BCUT2D eigenvalue weighted by atomic mass is 32.2. The van der Waals surface area contributed by atoms with Gasteiger partial charge in [0.05, 0.1) is 16.3 Å². The Labute approximate surface area is 108 Å². The fourth-order valence-electron chi connectivity index (χ4n) is 1.50. The van der Waals surface area contributed by atoms with Gasteiger partial charge in [0.25, 0.3) is 0 Å². The Kier molecular flexibility index (Phi) is 4.94. The molecular formula is C11H20N4O2S. The maximum absolute atomic E-state index is 11.1. The van der Waals surface area contributed by atoms with Gasteiger partial charge in [0.15, 0.2) is 0 Å². The molecule has 0 amide bonds. The second kappa shape index (κ2) is 6.03. The van der Waals surface area contributed by atoms with Gasteiger partial charge < -0.3 is 16.0 Å². The van der Waals surface area contributed by atoms with Crippen molar-refractivity contribution >= 4 is 21.4 Å². The van der Waals surface area contributed by atoms with Crippen LogP contribution < -0.4 is 16.2 Å². The third kappa shape index (κ3) is 4.52. The summed E-state index contributed by atoms with van der Waals surface area (Å²) in [5.41, 5.74) is 6.87. The second-order valence-electron chi connectivity index (χ2n) is 4.38. The van der Waals surface area contributed by atoms with Crippen molar-refractivity contribution < 1.29 is 8.42 Å². The van der Waals surface area contributed by atoms with Gasteiger partial charge in [-0.1, -0.05) is 0 Å². The van der Waals surface area contributed by atoms with Gasteiger partial charge in [0.2, 0.25) is 10.0 Å². The van der Waals surface area contributed by atoms with Crippen LogP contribution in [0.2, 0.25) is 0 Å². The summed E-state index contributed by atoms with van der Waals surface area (Å²) in [5, 5.41) is 8.18. The Hall–Kier alpha value is -1.31. The first kappa shape index (κ1) is 14.7. The standard InChI is InChI=1S/C11H20N4O2S/c1-15(2)7-3-6-14-11-5-4-9(8-10(11)12)18(13,16)17/h4-5,8,14H,3,6-7,12H2,1-2H3,(H2,13,16,17). The molecule has 0 radical (unpaired) electrons. The van der Waals surface area contributed by atoms with Gasteiger partial charge in [-0.25, -0.2) is 13.6 Å². The molecule has 1 aromatic carbocycles. The third-order valence-corrected chi connectivity index (χ3v) is 3.36. The summed E-state index contributed by atoms with van der Waals surface area (Å²) in [6.07, 6.45) is 0.976. The first-order chi connectivity index (χ1) is 8.30. The Balaban J connectivity index is 2.64. The summed E-state index contributed by atoms with van der Waals surface area (Å²) in [4.78, 5) is 2.12. The van der Waals surface area contributed by atoms with Gasteiger partial charge in [-0.15, -0.1) is 0 Å². The summed E-state index contributed by atoms with van der Waals surface area (Å²) in [5.74, 6) is 0. The minimum absolute atomic E-state index is 0.0267. The number of rotatable bonds is 6. The van der Waals surface area contributed by atoms with Gasteiger partial charge in [-0.3, -0.25) is 0 Å². The van der Waals surface area contributed by atoms with Crippen LogP contribution >= 0.6 is 0 Å². The number of sulfonamides is 1. The van der Waals surface area contributed by atoms with E-state index < -0.39 is 10.0 Å². The number of hydrogen-bond acceptors (Lipinski definition) is 5. The van der Waals surface area contributed by atoms with E-state index in [4.69, 9.17) is 10.9 Å². The van der Waals surface area contributed by atoms with E-state index in [0.717, 1.165) is 25.2 Å². The number of nitrogens with two attached hydrogens (primary N) is 2. The monoisotopic (exact) mass is 272 g/mol. The number of anilines is 2. The summed E-state index contributed by atoms with van der Waals surface area (Å²) in [7, 11) is 0.325. The minimum Gasteiger partial charge on any atom is -0.397 e. The van der Waals surface area contributed by atoms with Crippen LogP contribution in [0, 0.1) is 0 Å². The Morgan fingerprint density at radius 2 is 2.00 bits per heavy atom. The highest BCUT2D eigenvalue weighted by Crippen LogP contribution is 2.21. The van der Waals surface area contributed by atoms with E-state index in [-0.39, 0.29) is 4.90 Å². The molecule has 0 bridgehead atoms. The molecule has 7 heteroatoms. The van der Waals surface area contributed by atoms with Crippen LogP contribution in [0.5, 0.6) is 0 Å². The van der Waals surface area contributed by atoms with E-state index >= 15 is 0 Å². The molecule has 0 fully saturated rings. The first-order valence-electron chi connectivity index (χ1n) is 5.61. The number of nitrogens with zero attached hydrogens (tertiary/aromatic N) is 1. The number of hydrogen-bond donors (Lipinski definition) is 3. The minimum atomic E-state index is -3.69. The fourth-order valence-corrected chi connectivity index (χ4v) is 2.05. The lowest BCUT2D eigenvalue weighted by molar-refractivity contribution is 0.405. The van der Waals surface area contributed by atoms with Crippen LogP contribution in [0.25, 0.3) is 0 Å². The summed E-state index contributed by atoms with van der Waals surface area (Å²) >= 11 is 0. The van der Waals surface area contributed by atoms with Crippen LogP contribution in [0.3, 0.4) is 0 Å². The molecule has 1 rings (SSSR count). The molecule has 1 aromatic rings. The molecule has 0 spiro atoms. The molecule has 6 nitrogen and oxygen atoms in total. The molecular weight excluding hydrogens is 252 g/mol. The zero-order valence-corrected chi connectivity index (χ0v) is 11.5. The average Bonchev–Trinajstić information content (AvgIpc) is 2.24. The topological polar surface area (TPSA) is 101 Å². The highest BCUT2D eigenvalue weighted by molar-refractivity contribution is 7.89. The van der Waals surface area contributed by atoms with E-state index in [1.165, 1.54) is 12.1 Å². The zero-order valence-electron chi connectivity index (χ0n) is 10.7. The van der Waals surface area contributed by atoms with Crippen molar-refractivity contribution in [2.75, 3.05) is 38.2 Å². The van der Waals surface area contributed by atoms with Gasteiger partial charge >= 0.3 is 0 Å². The van der Waals surface area contributed by atoms with Crippen molar-refractivity contribution in [3.05, 3.63) is 18.2 Å². The van der Waals surface area contributed by atoms with Crippen molar-refractivity contribution in [1.29, 1.82) is 0 Å². The normalized spacial score (nSPS) is 11.8. The Morgan fingerprint density at radius 3 is 2.50 bits per heavy atom. The predicted octanol–water partition coefficient (Wildman–Crippen LogP) is 0.280. The molecule has 102 valence electrons. The maximum atomic E-state index is 11.1. The number of primary sulfonamides is 1. The van der Waals surface area contributed by atoms with Crippen LogP contribution in [-0.2, 0) is 10.0 Å². The highest BCUT2D eigenvalue weighted by Gasteiger charge is 2.09. The molecule has 0 aromatic heterocycles. The molecule has 0 saturated carbocycles. The lowest BCUT2D eigenvalue weighted by Gasteiger charge is -2.12. The van der Waals surface area contributed by atoms with E-state index in [1.807, 2.05) is 14.1 Å². The van der Waals surface area contributed by atoms with Gasteiger partial charge in [-0.2, -0.15) is 0 Å². The molecule has 0 unspecified atom stereocenters. The summed E-state index contributed by atoms with van der Waals surface area (Å²) in [6, 6.07) is 4.44. The van der Waals surface area contributed by atoms with E-state index in [9.17, 15) is 8.42 Å². The van der Waals surface area contributed by atoms with Gasteiger partial charge in [0.1, 0.15) is 0 Å². The fraction of sp³-hybridized carbons (Fsp3) is 0.455. The SMILES string of the molecule is CN(C)CCCNc1ccc(S(N)(=O)=O)cc1N. The molecule has 18 heavy (non-hydrogen) atoms. The number of nitrogen functional groups attached to an aromatic ring is 1. The Bertz CT molecular complexity index is 500. The molecule has 0 heterocycles. The zero-order chi connectivity index (χ0) is 13.8. The summed E-state index contributed by atoms with van der Waals surface area (Å²) < 4.78 is 22.3.